The summed E-state index contributed by atoms with van der Waals surface area (Å²) < 4.78 is 0. The Morgan fingerprint density at radius 3 is 2.45 bits per heavy atom. The molecular formula is C17H20ClNO3. The van der Waals surface area contributed by atoms with Crippen LogP contribution in [-0.4, -0.2) is 17.0 Å². The number of carbonyl (C=O) groups is 2. The molecule has 1 saturated carbocycles. The summed E-state index contributed by atoms with van der Waals surface area (Å²) in [6, 6.07) is 5.88. The van der Waals surface area contributed by atoms with Gasteiger partial charge in [-0.25, -0.2) is 0 Å². The Bertz CT molecular complexity index is 594. The van der Waals surface area contributed by atoms with Crippen LogP contribution < -0.4 is 5.32 Å². The average Bonchev–Trinajstić information content (AvgIpc) is 2.92. The molecule has 0 aromatic heterocycles. The van der Waals surface area contributed by atoms with Gasteiger partial charge in [-0.05, 0) is 55.7 Å². The van der Waals surface area contributed by atoms with Crippen LogP contribution in [0.25, 0.3) is 0 Å². The number of carboxylic acid groups (broad SMARTS) is 1. The topological polar surface area (TPSA) is 66.4 Å². The van der Waals surface area contributed by atoms with Gasteiger partial charge in [0.1, 0.15) is 0 Å². The number of nitrogens with one attached hydrogen (secondary N) is 1. The van der Waals surface area contributed by atoms with Crippen molar-refractivity contribution in [2.75, 3.05) is 0 Å². The molecule has 3 rings (SSSR count). The molecule has 2 aliphatic rings. The van der Waals surface area contributed by atoms with Crippen LogP contribution in [-0.2, 0) is 16.0 Å². The molecule has 1 amide bonds. The van der Waals surface area contributed by atoms with Gasteiger partial charge in [0, 0.05) is 10.9 Å². The van der Waals surface area contributed by atoms with Crippen LogP contribution in [0, 0.1) is 11.8 Å². The molecule has 1 fully saturated rings. The largest absolute Gasteiger partial charge is 0.481 e. The number of hydrogen-bond donors (Lipinski definition) is 2. The highest BCUT2D eigenvalue weighted by Crippen LogP contribution is 2.36. The smallest absolute Gasteiger partial charge is 0.306 e. The SMILES string of the molecule is O=C(O)C1CCC(C(=O)NC2CCc3c(Cl)cccc32)CC1. The van der Waals surface area contributed by atoms with Crippen LogP contribution in [0.5, 0.6) is 0 Å². The van der Waals surface area contributed by atoms with Gasteiger partial charge < -0.3 is 10.4 Å². The van der Waals surface area contributed by atoms with E-state index < -0.39 is 5.97 Å². The maximum Gasteiger partial charge on any atom is 0.306 e. The predicted octanol–water partition coefficient (Wildman–Crippen LogP) is 3.33. The summed E-state index contributed by atoms with van der Waals surface area (Å²) in [6.45, 7) is 0. The quantitative estimate of drug-likeness (QED) is 0.897. The van der Waals surface area contributed by atoms with Crippen LogP contribution in [0.4, 0.5) is 0 Å². The fourth-order valence-corrected chi connectivity index (χ4v) is 3.93. The highest BCUT2D eigenvalue weighted by molar-refractivity contribution is 6.31. The molecule has 5 heteroatoms. The first-order valence-corrected chi connectivity index (χ1v) is 8.24. The van der Waals surface area contributed by atoms with E-state index in [9.17, 15) is 9.59 Å². The van der Waals surface area contributed by atoms with E-state index in [1.165, 1.54) is 0 Å². The minimum Gasteiger partial charge on any atom is -0.481 e. The number of benzene rings is 1. The first kappa shape index (κ1) is 15.3. The Morgan fingerprint density at radius 1 is 1.09 bits per heavy atom. The van der Waals surface area contributed by atoms with Crippen molar-refractivity contribution in [3.8, 4) is 0 Å². The van der Waals surface area contributed by atoms with Crippen LogP contribution in [0.15, 0.2) is 18.2 Å². The number of fused-ring (bicyclic) bond motifs is 1. The number of halogens is 1. The minimum absolute atomic E-state index is 0.0402. The van der Waals surface area contributed by atoms with Crippen molar-refractivity contribution < 1.29 is 14.7 Å². The van der Waals surface area contributed by atoms with E-state index in [1.807, 2.05) is 18.2 Å². The van der Waals surface area contributed by atoms with E-state index in [1.54, 1.807) is 0 Å². The molecule has 2 aliphatic carbocycles. The lowest BCUT2D eigenvalue weighted by Gasteiger charge is -2.26. The second-order valence-electron chi connectivity index (χ2n) is 6.29. The molecule has 1 aromatic rings. The number of aliphatic carboxylic acids is 1. The van der Waals surface area contributed by atoms with Gasteiger partial charge >= 0.3 is 5.97 Å². The number of carboxylic acids is 1. The van der Waals surface area contributed by atoms with E-state index >= 15 is 0 Å². The Labute approximate surface area is 134 Å². The van der Waals surface area contributed by atoms with Crippen molar-refractivity contribution in [2.24, 2.45) is 11.8 Å². The van der Waals surface area contributed by atoms with Crippen LogP contribution in [0.3, 0.4) is 0 Å². The van der Waals surface area contributed by atoms with Gasteiger partial charge in [0.25, 0.3) is 0 Å². The molecule has 0 spiro atoms. The molecule has 118 valence electrons. The summed E-state index contributed by atoms with van der Waals surface area (Å²) in [5.41, 5.74) is 2.27. The van der Waals surface area contributed by atoms with Gasteiger partial charge in [-0.15, -0.1) is 0 Å². The lowest BCUT2D eigenvalue weighted by molar-refractivity contribution is -0.144. The van der Waals surface area contributed by atoms with Gasteiger partial charge in [-0.2, -0.15) is 0 Å². The zero-order valence-corrected chi connectivity index (χ0v) is 13.1. The highest BCUT2D eigenvalue weighted by atomic mass is 35.5. The number of carbonyl (C=O) groups excluding carboxylic acids is 1. The highest BCUT2D eigenvalue weighted by Gasteiger charge is 2.32. The summed E-state index contributed by atoms with van der Waals surface area (Å²) >= 11 is 6.20. The third-order valence-corrected chi connectivity index (χ3v) is 5.33. The number of amides is 1. The van der Waals surface area contributed by atoms with Crippen molar-refractivity contribution in [1.29, 1.82) is 0 Å². The zero-order valence-electron chi connectivity index (χ0n) is 12.3. The molecule has 0 bridgehead atoms. The van der Waals surface area contributed by atoms with Crippen molar-refractivity contribution in [3.05, 3.63) is 34.3 Å². The second-order valence-corrected chi connectivity index (χ2v) is 6.70. The van der Waals surface area contributed by atoms with Gasteiger partial charge in [0.2, 0.25) is 5.91 Å². The van der Waals surface area contributed by atoms with Crippen molar-refractivity contribution >= 4 is 23.5 Å². The Balaban J connectivity index is 1.60. The molecule has 2 N–H and O–H groups in total. The minimum atomic E-state index is -0.738. The Kier molecular flexibility index (Phi) is 4.39. The third kappa shape index (κ3) is 2.98. The monoisotopic (exact) mass is 321 g/mol. The Hall–Kier alpha value is -1.55. The van der Waals surface area contributed by atoms with Crippen LogP contribution >= 0.6 is 11.6 Å². The summed E-state index contributed by atoms with van der Waals surface area (Å²) in [5.74, 6) is -1.02. The van der Waals surface area contributed by atoms with Crippen molar-refractivity contribution in [2.45, 2.75) is 44.6 Å². The van der Waals surface area contributed by atoms with E-state index in [0.717, 1.165) is 29.0 Å². The molecule has 0 heterocycles. The van der Waals surface area contributed by atoms with Gasteiger partial charge in [-0.1, -0.05) is 23.7 Å². The van der Waals surface area contributed by atoms with Crippen molar-refractivity contribution in [1.82, 2.24) is 5.32 Å². The van der Waals surface area contributed by atoms with E-state index in [2.05, 4.69) is 5.32 Å². The van der Waals surface area contributed by atoms with Gasteiger partial charge in [-0.3, -0.25) is 9.59 Å². The summed E-state index contributed by atoms with van der Waals surface area (Å²) in [6.07, 6.45) is 4.30. The van der Waals surface area contributed by atoms with Gasteiger partial charge in [0.15, 0.2) is 0 Å². The lowest BCUT2D eigenvalue weighted by Crippen LogP contribution is -2.36. The molecule has 1 atom stereocenters. The van der Waals surface area contributed by atoms with E-state index in [-0.39, 0.29) is 23.8 Å². The first-order valence-electron chi connectivity index (χ1n) is 7.86. The molecular weight excluding hydrogens is 302 g/mol. The molecule has 22 heavy (non-hydrogen) atoms. The summed E-state index contributed by atoms with van der Waals surface area (Å²) in [4.78, 5) is 23.4. The average molecular weight is 322 g/mol. The maximum absolute atomic E-state index is 12.4. The maximum atomic E-state index is 12.4. The van der Waals surface area contributed by atoms with E-state index in [0.29, 0.717) is 25.7 Å². The molecule has 4 nitrogen and oxygen atoms in total. The fourth-order valence-electron chi connectivity index (χ4n) is 3.65. The molecule has 1 unspecified atom stereocenters. The molecule has 1 aromatic carbocycles. The zero-order chi connectivity index (χ0) is 15.7. The molecule has 0 aliphatic heterocycles. The molecule has 0 radical (unpaired) electrons. The van der Waals surface area contributed by atoms with Gasteiger partial charge in [0.05, 0.1) is 12.0 Å². The predicted molar refractivity (Wildman–Crippen MR) is 83.7 cm³/mol. The van der Waals surface area contributed by atoms with Crippen LogP contribution in [0.2, 0.25) is 5.02 Å². The summed E-state index contributed by atoms with van der Waals surface area (Å²) in [5, 5.41) is 12.9. The first-order chi connectivity index (χ1) is 10.6. The van der Waals surface area contributed by atoms with Crippen LogP contribution in [0.1, 0.15) is 49.3 Å². The lowest BCUT2D eigenvalue weighted by atomic mass is 9.81. The standard InChI is InChI=1S/C17H20ClNO3/c18-14-3-1-2-13-12(14)8-9-15(13)19-16(20)10-4-6-11(7-5-10)17(21)22/h1-3,10-11,15H,4-9H2,(H,19,20)(H,21,22). The fraction of sp³-hybridized carbons (Fsp3) is 0.529. The number of rotatable bonds is 3. The van der Waals surface area contributed by atoms with Crippen molar-refractivity contribution in [3.63, 3.8) is 0 Å². The van der Waals surface area contributed by atoms with E-state index in [4.69, 9.17) is 16.7 Å². The normalized spacial score (nSPS) is 27.2. The molecule has 0 saturated heterocycles. The number of hydrogen-bond acceptors (Lipinski definition) is 2. The second kappa shape index (κ2) is 6.29. The Morgan fingerprint density at radius 2 is 1.77 bits per heavy atom. The summed E-state index contributed by atoms with van der Waals surface area (Å²) in [7, 11) is 0. The third-order valence-electron chi connectivity index (χ3n) is 4.98.